The number of benzene rings is 1. The van der Waals surface area contributed by atoms with Crippen molar-refractivity contribution in [3.63, 3.8) is 0 Å². The maximum atomic E-state index is 13.1. The van der Waals surface area contributed by atoms with Gasteiger partial charge in [-0.25, -0.2) is 9.37 Å². The van der Waals surface area contributed by atoms with Crippen LogP contribution in [0.5, 0.6) is 0 Å². The van der Waals surface area contributed by atoms with Crippen molar-refractivity contribution in [2.45, 2.75) is 13.0 Å². The van der Waals surface area contributed by atoms with Crippen molar-refractivity contribution >= 4 is 26.7 Å². The van der Waals surface area contributed by atoms with E-state index in [0.717, 1.165) is 48.1 Å². The lowest BCUT2D eigenvalue weighted by atomic mass is 10.2. The minimum Gasteiger partial charge on any atom is -0.374 e. The van der Waals surface area contributed by atoms with E-state index in [0.29, 0.717) is 0 Å². The van der Waals surface area contributed by atoms with E-state index in [-0.39, 0.29) is 11.9 Å². The van der Waals surface area contributed by atoms with Gasteiger partial charge in [-0.2, -0.15) is 0 Å². The predicted octanol–water partition coefficient (Wildman–Crippen LogP) is 2.57. The van der Waals surface area contributed by atoms with Crippen molar-refractivity contribution in [2.75, 3.05) is 38.1 Å². The highest BCUT2D eigenvalue weighted by atomic mass is 32.1. The normalized spacial score (nSPS) is 20.4. The molecule has 1 N–H and O–H groups in total. The van der Waals surface area contributed by atoms with Gasteiger partial charge in [-0.3, -0.25) is 4.90 Å². The third-order valence-electron chi connectivity index (χ3n) is 3.50. The summed E-state index contributed by atoms with van der Waals surface area (Å²) in [6.45, 7) is 6.69. The molecular formula is C14H18FN3OS. The summed E-state index contributed by atoms with van der Waals surface area (Å²) in [6, 6.07) is 4.67. The van der Waals surface area contributed by atoms with Crippen LogP contribution in [-0.4, -0.2) is 48.8 Å². The highest BCUT2D eigenvalue weighted by Gasteiger charge is 2.19. The Morgan fingerprint density at radius 1 is 1.55 bits per heavy atom. The lowest BCUT2D eigenvalue weighted by Gasteiger charge is -2.32. The standard InChI is InChI=1S/C14H18FN3OS/c1-2-18-5-6-19-11(9-18)8-16-14-17-12-4-3-10(15)7-13(12)20-14/h3-4,7,11H,2,5-6,8-9H2,1H3,(H,16,17). The van der Waals surface area contributed by atoms with E-state index in [2.05, 4.69) is 22.1 Å². The Morgan fingerprint density at radius 2 is 2.45 bits per heavy atom. The molecule has 1 atom stereocenters. The number of thiazole rings is 1. The minimum atomic E-state index is -0.220. The molecule has 1 aromatic carbocycles. The summed E-state index contributed by atoms with van der Waals surface area (Å²) in [4.78, 5) is 6.83. The number of anilines is 1. The molecule has 1 unspecified atom stereocenters. The van der Waals surface area contributed by atoms with Crippen LogP contribution in [0.25, 0.3) is 10.2 Å². The molecule has 0 bridgehead atoms. The Bertz CT molecular complexity index is 589. The average Bonchev–Trinajstić information content (AvgIpc) is 2.87. The second-order valence-corrected chi connectivity index (χ2v) is 5.93. The fourth-order valence-corrected chi connectivity index (χ4v) is 3.26. The van der Waals surface area contributed by atoms with E-state index in [9.17, 15) is 4.39 Å². The summed E-state index contributed by atoms with van der Waals surface area (Å²) in [7, 11) is 0. The second kappa shape index (κ2) is 6.03. The molecule has 4 nitrogen and oxygen atoms in total. The first-order valence-corrected chi connectivity index (χ1v) is 7.70. The predicted molar refractivity (Wildman–Crippen MR) is 79.9 cm³/mol. The van der Waals surface area contributed by atoms with Crippen LogP contribution >= 0.6 is 11.3 Å². The molecule has 6 heteroatoms. The van der Waals surface area contributed by atoms with Crippen molar-refractivity contribution in [3.8, 4) is 0 Å². The lowest BCUT2D eigenvalue weighted by Crippen LogP contribution is -2.45. The first-order valence-electron chi connectivity index (χ1n) is 6.88. The third kappa shape index (κ3) is 3.08. The molecule has 2 heterocycles. The Morgan fingerprint density at radius 3 is 3.30 bits per heavy atom. The third-order valence-corrected chi connectivity index (χ3v) is 4.48. The molecule has 0 radical (unpaired) electrons. The quantitative estimate of drug-likeness (QED) is 0.940. The van der Waals surface area contributed by atoms with Crippen molar-refractivity contribution in [2.24, 2.45) is 0 Å². The number of nitrogens with zero attached hydrogens (tertiary/aromatic N) is 2. The molecule has 1 saturated heterocycles. The van der Waals surface area contributed by atoms with E-state index >= 15 is 0 Å². The average molecular weight is 295 g/mol. The Kier molecular flexibility index (Phi) is 4.14. The Hall–Kier alpha value is -1.24. The van der Waals surface area contributed by atoms with Gasteiger partial charge in [0.05, 0.1) is 22.9 Å². The van der Waals surface area contributed by atoms with Crippen LogP contribution < -0.4 is 5.32 Å². The van der Waals surface area contributed by atoms with Gasteiger partial charge in [-0.15, -0.1) is 0 Å². The number of ether oxygens (including phenoxy) is 1. The van der Waals surface area contributed by atoms with Gasteiger partial charge < -0.3 is 10.1 Å². The number of nitrogens with one attached hydrogen (secondary N) is 1. The van der Waals surface area contributed by atoms with E-state index in [1.807, 2.05) is 0 Å². The summed E-state index contributed by atoms with van der Waals surface area (Å²) < 4.78 is 19.7. The highest BCUT2D eigenvalue weighted by molar-refractivity contribution is 7.22. The number of hydrogen-bond acceptors (Lipinski definition) is 5. The van der Waals surface area contributed by atoms with Gasteiger partial charge in [0.1, 0.15) is 5.82 Å². The summed E-state index contributed by atoms with van der Waals surface area (Å²) in [5.74, 6) is -0.220. The number of likely N-dealkylation sites (N-methyl/N-ethyl adjacent to an activating group) is 1. The molecule has 2 aromatic rings. The fraction of sp³-hybridized carbons (Fsp3) is 0.500. The molecule has 0 spiro atoms. The van der Waals surface area contributed by atoms with Crippen LogP contribution in [0.15, 0.2) is 18.2 Å². The van der Waals surface area contributed by atoms with Gasteiger partial charge >= 0.3 is 0 Å². The van der Waals surface area contributed by atoms with Gasteiger partial charge in [-0.05, 0) is 24.7 Å². The SMILES string of the molecule is CCN1CCOC(CNc2nc3ccc(F)cc3s2)C1. The maximum absolute atomic E-state index is 13.1. The molecule has 20 heavy (non-hydrogen) atoms. The largest absolute Gasteiger partial charge is 0.374 e. The van der Waals surface area contributed by atoms with Gasteiger partial charge in [-0.1, -0.05) is 18.3 Å². The number of rotatable bonds is 4. The summed E-state index contributed by atoms with van der Waals surface area (Å²) in [6.07, 6.45) is 0.187. The first kappa shape index (κ1) is 13.7. The molecule has 3 rings (SSSR count). The Balaban J connectivity index is 1.62. The van der Waals surface area contributed by atoms with E-state index in [1.165, 1.54) is 23.5 Å². The van der Waals surface area contributed by atoms with Crippen LogP contribution in [0.2, 0.25) is 0 Å². The molecular weight excluding hydrogens is 277 g/mol. The number of fused-ring (bicyclic) bond motifs is 1. The van der Waals surface area contributed by atoms with Crippen LogP contribution in [0.4, 0.5) is 9.52 Å². The van der Waals surface area contributed by atoms with Gasteiger partial charge in [0.2, 0.25) is 0 Å². The van der Waals surface area contributed by atoms with Crippen LogP contribution in [0.1, 0.15) is 6.92 Å². The van der Waals surface area contributed by atoms with E-state index < -0.39 is 0 Å². The monoisotopic (exact) mass is 295 g/mol. The van der Waals surface area contributed by atoms with Crippen molar-refractivity contribution in [1.82, 2.24) is 9.88 Å². The zero-order valence-electron chi connectivity index (χ0n) is 11.4. The number of morpholine rings is 1. The fourth-order valence-electron chi connectivity index (χ4n) is 2.37. The van der Waals surface area contributed by atoms with Crippen LogP contribution in [-0.2, 0) is 4.74 Å². The maximum Gasteiger partial charge on any atom is 0.183 e. The molecule has 1 aromatic heterocycles. The highest BCUT2D eigenvalue weighted by Crippen LogP contribution is 2.26. The minimum absolute atomic E-state index is 0.187. The zero-order valence-corrected chi connectivity index (χ0v) is 12.3. The number of aromatic nitrogens is 1. The smallest absolute Gasteiger partial charge is 0.183 e. The van der Waals surface area contributed by atoms with Gasteiger partial charge in [0, 0.05) is 19.6 Å². The van der Waals surface area contributed by atoms with Crippen molar-refractivity contribution in [3.05, 3.63) is 24.0 Å². The lowest BCUT2D eigenvalue weighted by molar-refractivity contribution is -0.0191. The summed E-state index contributed by atoms with van der Waals surface area (Å²) in [5, 5.41) is 4.12. The molecule has 0 aliphatic carbocycles. The van der Waals surface area contributed by atoms with Crippen molar-refractivity contribution in [1.29, 1.82) is 0 Å². The molecule has 1 fully saturated rings. The molecule has 108 valence electrons. The summed E-state index contributed by atoms with van der Waals surface area (Å²) >= 11 is 1.48. The van der Waals surface area contributed by atoms with E-state index in [4.69, 9.17) is 4.74 Å². The topological polar surface area (TPSA) is 37.4 Å². The van der Waals surface area contributed by atoms with Crippen LogP contribution in [0.3, 0.4) is 0 Å². The molecule has 0 saturated carbocycles. The molecule has 1 aliphatic heterocycles. The zero-order chi connectivity index (χ0) is 13.9. The van der Waals surface area contributed by atoms with Crippen molar-refractivity contribution < 1.29 is 9.13 Å². The summed E-state index contributed by atoms with van der Waals surface area (Å²) in [5.41, 5.74) is 0.832. The number of halogens is 1. The Labute approximate surface area is 121 Å². The molecule has 0 amide bonds. The molecule has 1 aliphatic rings. The van der Waals surface area contributed by atoms with Crippen LogP contribution in [0, 0.1) is 5.82 Å². The van der Waals surface area contributed by atoms with E-state index in [1.54, 1.807) is 6.07 Å². The first-order chi connectivity index (χ1) is 9.74. The number of hydrogen-bond donors (Lipinski definition) is 1. The van der Waals surface area contributed by atoms with Gasteiger partial charge in [0.25, 0.3) is 0 Å². The van der Waals surface area contributed by atoms with Gasteiger partial charge in [0.15, 0.2) is 5.13 Å². The second-order valence-electron chi connectivity index (χ2n) is 4.90.